The van der Waals surface area contributed by atoms with Gasteiger partial charge in [0.25, 0.3) is 0 Å². The van der Waals surface area contributed by atoms with Crippen LogP contribution in [0.15, 0.2) is 10.7 Å². The smallest absolute Gasteiger partial charge is 0.311 e. The lowest BCUT2D eigenvalue weighted by atomic mass is 9.95. The van der Waals surface area contributed by atoms with E-state index in [0.29, 0.717) is 5.76 Å². The lowest BCUT2D eigenvalue weighted by molar-refractivity contribution is -0.139. The molecule has 1 saturated carbocycles. The van der Waals surface area contributed by atoms with Crippen LogP contribution in [0.25, 0.3) is 0 Å². The van der Waals surface area contributed by atoms with Crippen molar-refractivity contribution in [2.24, 2.45) is 5.92 Å². The number of carbonyl (C=O) groups is 1. The zero-order chi connectivity index (χ0) is 9.42. The second-order valence-corrected chi connectivity index (χ2v) is 3.49. The highest BCUT2D eigenvalue weighted by Crippen LogP contribution is 2.43. The van der Waals surface area contributed by atoms with Gasteiger partial charge in [0.15, 0.2) is 0 Å². The minimum absolute atomic E-state index is 0.288. The zero-order valence-electron chi connectivity index (χ0n) is 7.36. The first-order valence-corrected chi connectivity index (χ1v) is 4.34. The summed E-state index contributed by atoms with van der Waals surface area (Å²) in [4.78, 5) is 11.0. The van der Waals surface area contributed by atoms with E-state index in [-0.39, 0.29) is 5.92 Å². The van der Waals surface area contributed by atoms with E-state index in [4.69, 9.17) is 9.63 Å². The highest BCUT2D eigenvalue weighted by Gasteiger charge is 2.39. The standard InChI is InChI=1S/C9H11NO3/c1-5-7(4-10-13-5)8(9(11)12)6-2-3-6/h4,6,8H,2-3H2,1H3,(H,11,12). The Labute approximate surface area is 75.5 Å². The van der Waals surface area contributed by atoms with Crippen LogP contribution in [0, 0.1) is 12.8 Å². The zero-order valence-corrected chi connectivity index (χ0v) is 7.36. The minimum Gasteiger partial charge on any atom is -0.481 e. The molecule has 0 aromatic carbocycles. The number of nitrogens with zero attached hydrogens (tertiary/aromatic N) is 1. The van der Waals surface area contributed by atoms with Crippen molar-refractivity contribution in [2.75, 3.05) is 0 Å². The molecule has 0 bridgehead atoms. The number of carboxylic acid groups (broad SMARTS) is 1. The van der Waals surface area contributed by atoms with E-state index in [2.05, 4.69) is 5.16 Å². The molecule has 4 nitrogen and oxygen atoms in total. The Morgan fingerprint density at radius 2 is 2.46 bits per heavy atom. The van der Waals surface area contributed by atoms with Gasteiger partial charge < -0.3 is 9.63 Å². The second-order valence-electron chi connectivity index (χ2n) is 3.49. The monoisotopic (exact) mass is 181 g/mol. The Morgan fingerprint density at radius 1 is 1.77 bits per heavy atom. The average Bonchev–Trinajstić information content (AvgIpc) is 2.78. The lowest BCUT2D eigenvalue weighted by Gasteiger charge is -2.07. The molecule has 0 spiro atoms. The summed E-state index contributed by atoms with van der Waals surface area (Å²) in [5, 5.41) is 12.6. The Morgan fingerprint density at radius 3 is 2.85 bits per heavy atom. The molecule has 1 atom stereocenters. The van der Waals surface area contributed by atoms with Crippen molar-refractivity contribution in [1.82, 2.24) is 5.16 Å². The van der Waals surface area contributed by atoms with Gasteiger partial charge in [-0.3, -0.25) is 4.79 Å². The number of rotatable bonds is 3. The van der Waals surface area contributed by atoms with Crippen LogP contribution in [0.5, 0.6) is 0 Å². The number of hydrogen-bond acceptors (Lipinski definition) is 3. The number of aromatic nitrogens is 1. The van der Waals surface area contributed by atoms with E-state index in [1.54, 1.807) is 6.92 Å². The first kappa shape index (κ1) is 8.29. The molecular weight excluding hydrogens is 170 g/mol. The topological polar surface area (TPSA) is 63.3 Å². The molecule has 0 radical (unpaired) electrons. The lowest BCUT2D eigenvalue weighted by Crippen LogP contribution is -2.13. The van der Waals surface area contributed by atoms with Crippen LogP contribution in [-0.2, 0) is 4.79 Å². The molecule has 4 heteroatoms. The summed E-state index contributed by atoms with van der Waals surface area (Å²) in [7, 11) is 0. The maximum Gasteiger partial charge on any atom is 0.311 e. The molecule has 1 unspecified atom stereocenters. The van der Waals surface area contributed by atoms with E-state index < -0.39 is 11.9 Å². The summed E-state index contributed by atoms with van der Waals surface area (Å²) in [6, 6.07) is 0. The third-order valence-corrected chi connectivity index (χ3v) is 2.48. The molecule has 1 N–H and O–H groups in total. The Balaban J connectivity index is 2.30. The van der Waals surface area contributed by atoms with Crippen molar-refractivity contribution in [3.05, 3.63) is 17.5 Å². The Hall–Kier alpha value is -1.32. The van der Waals surface area contributed by atoms with Crippen LogP contribution in [-0.4, -0.2) is 16.2 Å². The van der Waals surface area contributed by atoms with Crippen LogP contribution < -0.4 is 0 Å². The van der Waals surface area contributed by atoms with E-state index in [0.717, 1.165) is 18.4 Å². The quantitative estimate of drug-likeness (QED) is 0.768. The van der Waals surface area contributed by atoms with Gasteiger partial charge in [-0.2, -0.15) is 0 Å². The SMILES string of the molecule is Cc1oncc1C(C(=O)O)C1CC1. The third-order valence-electron chi connectivity index (χ3n) is 2.48. The number of carboxylic acids is 1. The molecule has 0 amide bonds. The molecule has 1 aromatic heterocycles. The van der Waals surface area contributed by atoms with Crippen molar-refractivity contribution in [1.29, 1.82) is 0 Å². The van der Waals surface area contributed by atoms with Gasteiger partial charge in [-0.15, -0.1) is 0 Å². The normalized spacial score (nSPS) is 18.5. The van der Waals surface area contributed by atoms with Crippen LogP contribution >= 0.6 is 0 Å². The fourth-order valence-electron chi connectivity index (χ4n) is 1.62. The molecule has 13 heavy (non-hydrogen) atoms. The third kappa shape index (κ3) is 1.43. The molecule has 1 aromatic rings. The highest BCUT2D eigenvalue weighted by atomic mass is 16.5. The first-order valence-electron chi connectivity index (χ1n) is 4.34. The highest BCUT2D eigenvalue weighted by molar-refractivity contribution is 5.77. The summed E-state index contributed by atoms with van der Waals surface area (Å²) < 4.78 is 4.86. The number of aryl methyl sites for hydroxylation is 1. The van der Waals surface area contributed by atoms with E-state index in [1.165, 1.54) is 6.20 Å². The maximum absolute atomic E-state index is 11.0. The van der Waals surface area contributed by atoms with Gasteiger partial charge in [0, 0.05) is 5.56 Å². The molecular formula is C9H11NO3. The molecule has 1 heterocycles. The summed E-state index contributed by atoms with van der Waals surface area (Å²) in [6.45, 7) is 1.75. The average molecular weight is 181 g/mol. The summed E-state index contributed by atoms with van der Waals surface area (Å²) in [5.74, 6) is -0.269. The molecule has 1 aliphatic rings. The number of hydrogen-bond donors (Lipinski definition) is 1. The van der Waals surface area contributed by atoms with Gasteiger partial charge in [0.1, 0.15) is 5.76 Å². The molecule has 0 aliphatic heterocycles. The van der Waals surface area contributed by atoms with Crippen molar-refractivity contribution in [2.45, 2.75) is 25.7 Å². The molecule has 1 fully saturated rings. The molecule has 70 valence electrons. The maximum atomic E-state index is 11.0. The predicted octanol–water partition coefficient (Wildman–Crippen LogP) is 1.56. The molecule has 1 aliphatic carbocycles. The van der Waals surface area contributed by atoms with Crippen molar-refractivity contribution < 1.29 is 14.4 Å². The van der Waals surface area contributed by atoms with Crippen molar-refractivity contribution in [3.8, 4) is 0 Å². The van der Waals surface area contributed by atoms with E-state index in [9.17, 15) is 4.79 Å². The molecule has 0 saturated heterocycles. The Kier molecular flexibility index (Phi) is 1.83. The van der Waals surface area contributed by atoms with Crippen LogP contribution in [0.3, 0.4) is 0 Å². The number of aliphatic carboxylic acids is 1. The van der Waals surface area contributed by atoms with Gasteiger partial charge >= 0.3 is 5.97 Å². The fraction of sp³-hybridized carbons (Fsp3) is 0.556. The van der Waals surface area contributed by atoms with Gasteiger partial charge in [-0.25, -0.2) is 0 Å². The first-order chi connectivity index (χ1) is 6.20. The minimum atomic E-state index is -0.770. The van der Waals surface area contributed by atoms with Crippen molar-refractivity contribution >= 4 is 5.97 Å². The molecule has 2 rings (SSSR count). The van der Waals surface area contributed by atoms with E-state index >= 15 is 0 Å². The summed E-state index contributed by atoms with van der Waals surface area (Å²) in [6.07, 6.45) is 3.52. The van der Waals surface area contributed by atoms with Gasteiger partial charge in [-0.1, -0.05) is 5.16 Å². The van der Waals surface area contributed by atoms with Gasteiger partial charge in [-0.05, 0) is 25.7 Å². The summed E-state index contributed by atoms with van der Waals surface area (Å²) in [5.41, 5.74) is 0.731. The summed E-state index contributed by atoms with van der Waals surface area (Å²) >= 11 is 0. The van der Waals surface area contributed by atoms with Crippen LogP contribution in [0.4, 0.5) is 0 Å². The second kappa shape index (κ2) is 2.87. The van der Waals surface area contributed by atoms with Crippen LogP contribution in [0.2, 0.25) is 0 Å². The van der Waals surface area contributed by atoms with E-state index in [1.807, 2.05) is 0 Å². The van der Waals surface area contributed by atoms with Crippen molar-refractivity contribution in [3.63, 3.8) is 0 Å². The Bertz CT molecular complexity index is 327. The fourth-order valence-corrected chi connectivity index (χ4v) is 1.62. The van der Waals surface area contributed by atoms with Crippen LogP contribution in [0.1, 0.15) is 30.1 Å². The van der Waals surface area contributed by atoms with Gasteiger partial charge in [0.05, 0.1) is 12.1 Å². The van der Waals surface area contributed by atoms with Gasteiger partial charge in [0.2, 0.25) is 0 Å². The largest absolute Gasteiger partial charge is 0.481 e. The predicted molar refractivity (Wildman–Crippen MR) is 44.3 cm³/mol.